The first-order valence-electron chi connectivity index (χ1n) is 6.86. The summed E-state index contributed by atoms with van der Waals surface area (Å²) in [5.74, 6) is -0.458. The number of oxazole rings is 1. The molecule has 24 heavy (non-hydrogen) atoms. The summed E-state index contributed by atoms with van der Waals surface area (Å²) in [7, 11) is 2.60. The number of benzene rings is 2. The summed E-state index contributed by atoms with van der Waals surface area (Å²) >= 11 is 0. The molecule has 0 atom stereocenters. The van der Waals surface area contributed by atoms with Crippen LogP contribution in [0.25, 0.3) is 22.6 Å². The Morgan fingerprint density at radius 2 is 1.96 bits per heavy atom. The van der Waals surface area contributed by atoms with Gasteiger partial charge in [0.15, 0.2) is 11.3 Å². The number of nitro benzene ring substituents is 1. The lowest BCUT2D eigenvalue weighted by Gasteiger charge is -2.03. The number of rotatable bonds is 4. The predicted molar refractivity (Wildman–Crippen MR) is 84.0 cm³/mol. The van der Waals surface area contributed by atoms with Crippen LogP contribution in [0, 0.1) is 10.1 Å². The maximum Gasteiger partial charge on any atom is 0.340 e. The number of methoxy groups -OCH3 is 2. The van der Waals surface area contributed by atoms with Crippen LogP contribution in [0.15, 0.2) is 40.8 Å². The van der Waals surface area contributed by atoms with Crippen molar-refractivity contribution < 1.29 is 23.6 Å². The van der Waals surface area contributed by atoms with Gasteiger partial charge in [0.1, 0.15) is 11.1 Å². The van der Waals surface area contributed by atoms with Crippen molar-refractivity contribution >= 4 is 22.8 Å². The van der Waals surface area contributed by atoms with E-state index in [4.69, 9.17) is 13.9 Å². The molecule has 0 N–H and O–H groups in total. The minimum Gasteiger partial charge on any atom is -0.490 e. The van der Waals surface area contributed by atoms with Gasteiger partial charge in [-0.1, -0.05) is 12.1 Å². The zero-order valence-electron chi connectivity index (χ0n) is 12.8. The lowest BCUT2D eigenvalue weighted by molar-refractivity contribution is -0.385. The maximum atomic E-state index is 11.8. The SMILES string of the molecule is COC(=O)c1cccc2oc(-c3cccc(OC)c3[N+](=O)[O-])nc12. The van der Waals surface area contributed by atoms with Gasteiger partial charge in [0.2, 0.25) is 5.89 Å². The van der Waals surface area contributed by atoms with Crippen LogP contribution in [0.4, 0.5) is 5.69 Å². The average Bonchev–Trinajstić information content (AvgIpc) is 3.04. The second-order valence-electron chi connectivity index (χ2n) is 4.78. The quantitative estimate of drug-likeness (QED) is 0.411. The smallest absolute Gasteiger partial charge is 0.340 e. The summed E-state index contributed by atoms with van der Waals surface area (Å²) in [5.41, 5.74) is 0.717. The molecule has 2 aromatic carbocycles. The highest BCUT2D eigenvalue weighted by molar-refractivity contribution is 6.02. The summed E-state index contributed by atoms with van der Waals surface area (Å²) in [4.78, 5) is 26.9. The zero-order chi connectivity index (χ0) is 17.3. The Bertz CT molecular complexity index is 947. The number of hydrogen-bond donors (Lipinski definition) is 0. The number of carbonyl (C=O) groups is 1. The van der Waals surface area contributed by atoms with Gasteiger partial charge in [-0.15, -0.1) is 0 Å². The zero-order valence-corrected chi connectivity index (χ0v) is 12.8. The predicted octanol–water partition coefficient (Wildman–Crippen LogP) is 3.20. The fraction of sp³-hybridized carbons (Fsp3) is 0.125. The first kappa shape index (κ1) is 15.5. The van der Waals surface area contributed by atoms with Crippen molar-refractivity contribution in [3.05, 3.63) is 52.1 Å². The van der Waals surface area contributed by atoms with E-state index in [-0.39, 0.29) is 34.0 Å². The molecule has 3 rings (SSSR count). The number of esters is 1. The third-order valence-corrected chi connectivity index (χ3v) is 3.46. The standard InChI is InChI=1S/C16H12N2O6/c1-22-12-8-4-6-10(14(12)18(20)21)15-17-13-9(16(19)23-2)5-3-7-11(13)24-15/h3-8H,1-2H3. The Morgan fingerprint density at radius 1 is 1.21 bits per heavy atom. The monoisotopic (exact) mass is 328 g/mol. The van der Waals surface area contributed by atoms with Crippen molar-refractivity contribution in [2.24, 2.45) is 0 Å². The van der Waals surface area contributed by atoms with Gasteiger partial charge in [0, 0.05) is 0 Å². The largest absolute Gasteiger partial charge is 0.490 e. The van der Waals surface area contributed by atoms with E-state index in [1.54, 1.807) is 24.3 Å². The highest BCUT2D eigenvalue weighted by atomic mass is 16.6. The summed E-state index contributed by atoms with van der Waals surface area (Å²) in [5, 5.41) is 11.4. The molecule has 0 saturated carbocycles. The number of hydrogen-bond acceptors (Lipinski definition) is 7. The summed E-state index contributed by atoms with van der Waals surface area (Å²) in [6.07, 6.45) is 0. The van der Waals surface area contributed by atoms with Gasteiger partial charge in [-0.2, -0.15) is 0 Å². The fourth-order valence-electron chi connectivity index (χ4n) is 2.39. The number of carbonyl (C=O) groups excluding carboxylic acids is 1. The highest BCUT2D eigenvalue weighted by Crippen LogP contribution is 2.38. The summed E-state index contributed by atoms with van der Waals surface area (Å²) < 4.78 is 15.3. The van der Waals surface area contributed by atoms with Gasteiger partial charge in [0.05, 0.1) is 24.7 Å². The van der Waals surface area contributed by atoms with Gasteiger partial charge in [-0.25, -0.2) is 9.78 Å². The van der Waals surface area contributed by atoms with Gasteiger partial charge >= 0.3 is 11.7 Å². The second-order valence-corrected chi connectivity index (χ2v) is 4.78. The van der Waals surface area contributed by atoms with E-state index < -0.39 is 10.9 Å². The molecule has 0 unspecified atom stereocenters. The number of nitro groups is 1. The van der Waals surface area contributed by atoms with Gasteiger partial charge < -0.3 is 13.9 Å². The van der Waals surface area contributed by atoms with E-state index in [2.05, 4.69) is 4.98 Å². The minimum absolute atomic E-state index is 0.0203. The highest BCUT2D eigenvalue weighted by Gasteiger charge is 2.26. The molecule has 0 saturated heterocycles. The summed E-state index contributed by atoms with van der Waals surface area (Å²) in [6.45, 7) is 0. The first-order chi connectivity index (χ1) is 11.6. The van der Waals surface area contributed by atoms with Crippen molar-refractivity contribution in [1.82, 2.24) is 4.98 Å². The molecule has 3 aromatic rings. The maximum absolute atomic E-state index is 11.8. The molecule has 0 radical (unpaired) electrons. The van der Waals surface area contributed by atoms with Crippen LogP contribution in [0.3, 0.4) is 0 Å². The third kappa shape index (κ3) is 2.43. The average molecular weight is 328 g/mol. The van der Waals surface area contributed by atoms with Crippen LogP contribution in [0.2, 0.25) is 0 Å². The van der Waals surface area contributed by atoms with Crippen LogP contribution in [0.5, 0.6) is 5.75 Å². The van der Waals surface area contributed by atoms with Gasteiger partial charge in [-0.05, 0) is 24.3 Å². The molecule has 1 heterocycles. The molecule has 8 heteroatoms. The fourth-order valence-corrected chi connectivity index (χ4v) is 2.39. The number of fused-ring (bicyclic) bond motifs is 1. The molecule has 0 aliphatic heterocycles. The minimum atomic E-state index is -0.569. The van der Waals surface area contributed by atoms with Crippen LogP contribution in [-0.2, 0) is 4.74 Å². The van der Waals surface area contributed by atoms with Gasteiger partial charge in [0.25, 0.3) is 0 Å². The Morgan fingerprint density at radius 3 is 2.62 bits per heavy atom. The number of nitrogens with zero attached hydrogens (tertiary/aromatic N) is 2. The molecule has 122 valence electrons. The second kappa shape index (κ2) is 5.99. The molecule has 0 bridgehead atoms. The van der Waals surface area contributed by atoms with Crippen molar-refractivity contribution in [2.75, 3.05) is 14.2 Å². The first-order valence-corrected chi connectivity index (χ1v) is 6.86. The Balaban J connectivity index is 2.25. The summed E-state index contributed by atoms with van der Waals surface area (Å²) in [6, 6.07) is 9.35. The van der Waals surface area contributed by atoms with E-state index in [9.17, 15) is 14.9 Å². The molecular weight excluding hydrogens is 316 g/mol. The Labute approximate surface area is 135 Å². The van der Waals surface area contributed by atoms with Crippen molar-refractivity contribution in [3.63, 3.8) is 0 Å². The number of aromatic nitrogens is 1. The molecule has 8 nitrogen and oxygen atoms in total. The van der Waals surface area contributed by atoms with Crippen molar-refractivity contribution in [3.8, 4) is 17.2 Å². The van der Waals surface area contributed by atoms with E-state index in [0.717, 1.165) is 0 Å². The Hall–Kier alpha value is -3.42. The molecular formula is C16H12N2O6. The van der Waals surface area contributed by atoms with E-state index in [1.807, 2.05) is 0 Å². The van der Waals surface area contributed by atoms with Gasteiger partial charge in [-0.3, -0.25) is 10.1 Å². The molecule has 0 spiro atoms. The topological polar surface area (TPSA) is 105 Å². The van der Waals surface area contributed by atoms with E-state index in [1.165, 1.54) is 26.4 Å². The molecule has 0 aliphatic rings. The lowest BCUT2D eigenvalue weighted by atomic mass is 10.1. The number of para-hydroxylation sites is 2. The Kier molecular flexibility index (Phi) is 3.87. The lowest BCUT2D eigenvalue weighted by Crippen LogP contribution is -2.01. The van der Waals surface area contributed by atoms with Crippen molar-refractivity contribution in [1.29, 1.82) is 0 Å². The third-order valence-electron chi connectivity index (χ3n) is 3.46. The molecule has 0 aliphatic carbocycles. The number of ether oxygens (including phenoxy) is 2. The molecule has 0 fully saturated rings. The normalized spacial score (nSPS) is 10.6. The van der Waals surface area contributed by atoms with Crippen LogP contribution in [0.1, 0.15) is 10.4 Å². The van der Waals surface area contributed by atoms with E-state index >= 15 is 0 Å². The van der Waals surface area contributed by atoms with E-state index in [0.29, 0.717) is 5.58 Å². The molecule has 0 amide bonds. The molecule has 1 aromatic heterocycles. The van der Waals surface area contributed by atoms with Crippen LogP contribution < -0.4 is 4.74 Å². The van der Waals surface area contributed by atoms with Crippen LogP contribution >= 0.6 is 0 Å². The van der Waals surface area contributed by atoms with Crippen molar-refractivity contribution in [2.45, 2.75) is 0 Å². The van der Waals surface area contributed by atoms with Crippen LogP contribution in [-0.4, -0.2) is 30.1 Å².